The molecule has 94 valence electrons. The Hall–Kier alpha value is -2.08. The molecule has 0 aliphatic rings. The first-order valence-corrected chi connectivity index (χ1v) is 5.88. The lowest BCUT2D eigenvalue weighted by Crippen LogP contribution is -2.11. The van der Waals surface area contributed by atoms with Crippen LogP contribution in [-0.4, -0.2) is 11.7 Å². The van der Waals surface area contributed by atoms with Gasteiger partial charge < -0.3 is 4.84 Å². The van der Waals surface area contributed by atoms with Gasteiger partial charge >= 0.3 is 5.97 Å². The van der Waals surface area contributed by atoms with Crippen LogP contribution >= 0.6 is 0 Å². The Morgan fingerprint density at radius 2 is 2.11 bits per heavy atom. The molecule has 3 nitrogen and oxygen atoms in total. The summed E-state index contributed by atoms with van der Waals surface area (Å²) in [6.07, 6.45) is 6.46. The van der Waals surface area contributed by atoms with E-state index < -0.39 is 5.97 Å². The summed E-state index contributed by atoms with van der Waals surface area (Å²) in [5.74, 6) is 2.23. The standard InChI is InChI=1S/C15H17NO2/c1-4-5-11-15(16-18-13(3)17)12(2)14-9-7-6-8-10-14/h1,6-10,12H,5,11H2,2-3H3/b16-15-. The lowest BCUT2D eigenvalue weighted by atomic mass is 9.93. The van der Waals surface area contributed by atoms with E-state index in [1.54, 1.807) is 0 Å². The number of oxime groups is 1. The summed E-state index contributed by atoms with van der Waals surface area (Å²) in [6, 6.07) is 9.93. The number of carbonyl (C=O) groups excluding carboxylic acids is 1. The van der Waals surface area contributed by atoms with Gasteiger partial charge in [0, 0.05) is 25.7 Å². The molecule has 0 aliphatic heterocycles. The second kappa shape index (κ2) is 7.29. The van der Waals surface area contributed by atoms with Crippen molar-refractivity contribution in [1.29, 1.82) is 0 Å². The minimum atomic E-state index is -0.423. The van der Waals surface area contributed by atoms with Crippen LogP contribution in [-0.2, 0) is 9.63 Å². The highest BCUT2D eigenvalue weighted by Gasteiger charge is 2.13. The molecule has 18 heavy (non-hydrogen) atoms. The van der Waals surface area contributed by atoms with Gasteiger partial charge in [-0.1, -0.05) is 42.4 Å². The normalized spacial score (nSPS) is 12.6. The van der Waals surface area contributed by atoms with Crippen LogP contribution in [0.25, 0.3) is 0 Å². The van der Waals surface area contributed by atoms with Crippen LogP contribution in [0, 0.1) is 12.3 Å². The van der Waals surface area contributed by atoms with Crippen LogP contribution in [0.15, 0.2) is 35.5 Å². The molecule has 3 heteroatoms. The maximum absolute atomic E-state index is 10.8. The average molecular weight is 243 g/mol. The molecular weight excluding hydrogens is 226 g/mol. The van der Waals surface area contributed by atoms with E-state index in [1.807, 2.05) is 37.3 Å². The average Bonchev–Trinajstić information content (AvgIpc) is 2.39. The lowest BCUT2D eigenvalue weighted by Gasteiger charge is -2.13. The van der Waals surface area contributed by atoms with Crippen LogP contribution in [0.5, 0.6) is 0 Å². The summed E-state index contributed by atoms with van der Waals surface area (Å²) in [5, 5.41) is 3.91. The highest BCUT2D eigenvalue weighted by molar-refractivity contribution is 5.90. The molecule has 0 N–H and O–H groups in total. The zero-order valence-electron chi connectivity index (χ0n) is 10.7. The van der Waals surface area contributed by atoms with Gasteiger partial charge in [-0.3, -0.25) is 0 Å². The Bertz CT molecular complexity index is 457. The van der Waals surface area contributed by atoms with Crippen molar-refractivity contribution in [3.05, 3.63) is 35.9 Å². The van der Waals surface area contributed by atoms with Gasteiger partial charge in [0.1, 0.15) is 0 Å². The van der Waals surface area contributed by atoms with Gasteiger partial charge in [0.15, 0.2) is 0 Å². The van der Waals surface area contributed by atoms with Gasteiger partial charge in [-0.2, -0.15) is 0 Å². The molecule has 0 bridgehead atoms. The van der Waals surface area contributed by atoms with Crippen molar-refractivity contribution in [3.63, 3.8) is 0 Å². The monoisotopic (exact) mass is 243 g/mol. The summed E-state index contributed by atoms with van der Waals surface area (Å²) in [5.41, 5.74) is 1.91. The molecule has 0 amide bonds. The van der Waals surface area contributed by atoms with E-state index in [0.29, 0.717) is 12.8 Å². The van der Waals surface area contributed by atoms with Crippen molar-refractivity contribution in [2.45, 2.75) is 32.6 Å². The molecule has 0 saturated heterocycles. The minimum absolute atomic E-state index is 0.0823. The molecule has 1 aromatic carbocycles. The van der Waals surface area contributed by atoms with Crippen LogP contribution < -0.4 is 0 Å². The molecule has 0 saturated carbocycles. The maximum Gasteiger partial charge on any atom is 0.331 e. The summed E-state index contributed by atoms with van der Waals surface area (Å²) in [4.78, 5) is 15.5. The smallest absolute Gasteiger partial charge is 0.319 e. The Labute approximate surface area is 108 Å². The number of terminal acetylenes is 1. The van der Waals surface area contributed by atoms with Gasteiger partial charge in [0.2, 0.25) is 0 Å². The maximum atomic E-state index is 10.8. The molecular formula is C15H17NO2. The van der Waals surface area contributed by atoms with Gasteiger partial charge in [0.25, 0.3) is 0 Å². The van der Waals surface area contributed by atoms with Crippen LogP contribution in [0.4, 0.5) is 0 Å². The number of benzene rings is 1. The molecule has 0 heterocycles. The Kier molecular flexibility index (Phi) is 5.66. The van der Waals surface area contributed by atoms with E-state index in [-0.39, 0.29) is 5.92 Å². The predicted molar refractivity (Wildman–Crippen MR) is 72.1 cm³/mol. The van der Waals surface area contributed by atoms with Crippen molar-refractivity contribution in [2.75, 3.05) is 0 Å². The Morgan fingerprint density at radius 1 is 1.44 bits per heavy atom. The van der Waals surface area contributed by atoms with Crippen molar-refractivity contribution < 1.29 is 9.63 Å². The predicted octanol–water partition coefficient (Wildman–Crippen LogP) is 3.12. The van der Waals surface area contributed by atoms with E-state index in [2.05, 4.69) is 11.1 Å². The van der Waals surface area contributed by atoms with Gasteiger partial charge in [-0.05, 0) is 5.56 Å². The zero-order valence-corrected chi connectivity index (χ0v) is 10.7. The fourth-order valence-corrected chi connectivity index (χ4v) is 1.60. The molecule has 0 aliphatic carbocycles. The number of rotatable bonds is 5. The number of hydrogen-bond donors (Lipinski definition) is 0. The van der Waals surface area contributed by atoms with Gasteiger partial charge in [-0.25, -0.2) is 4.79 Å². The zero-order chi connectivity index (χ0) is 13.4. The summed E-state index contributed by atoms with van der Waals surface area (Å²) in [6.45, 7) is 3.35. The fraction of sp³-hybridized carbons (Fsp3) is 0.333. The van der Waals surface area contributed by atoms with Gasteiger partial charge in [-0.15, -0.1) is 12.3 Å². The molecule has 0 aromatic heterocycles. The molecule has 1 unspecified atom stereocenters. The fourth-order valence-electron chi connectivity index (χ4n) is 1.60. The van der Waals surface area contributed by atoms with Crippen molar-refractivity contribution in [3.8, 4) is 12.3 Å². The summed E-state index contributed by atoms with van der Waals surface area (Å²) in [7, 11) is 0. The summed E-state index contributed by atoms with van der Waals surface area (Å²) < 4.78 is 0. The minimum Gasteiger partial charge on any atom is -0.319 e. The molecule has 0 radical (unpaired) electrons. The topological polar surface area (TPSA) is 38.7 Å². The molecule has 1 aromatic rings. The number of hydrogen-bond acceptors (Lipinski definition) is 3. The third kappa shape index (κ3) is 4.42. The number of carbonyl (C=O) groups is 1. The number of nitrogens with zero attached hydrogens (tertiary/aromatic N) is 1. The van der Waals surface area contributed by atoms with Crippen LogP contribution in [0.2, 0.25) is 0 Å². The van der Waals surface area contributed by atoms with Crippen molar-refractivity contribution >= 4 is 11.7 Å². The highest BCUT2D eigenvalue weighted by atomic mass is 16.7. The Balaban J connectivity index is 2.85. The first-order chi connectivity index (χ1) is 8.65. The van der Waals surface area contributed by atoms with E-state index in [1.165, 1.54) is 6.92 Å². The SMILES string of the molecule is C#CCC/C(=N/OC(C)=O)C(C)c1ccccc1. The third-order valence-electron chi connectivity index (χ3n) is 2.62. The van der Waals surface area contributed by atoms with E-state index in [0.717, 1.165) is 11.3 Å². The third-order valence-corrected chi connectivity index (χ3v) is 2.62. The largest absolute Gasteiger partial charge is 0.331 e. The first-order valence-electron chi connectivity index (χ1n) is 5.88. The first kappa shape index (κ1) is 14.0. The lowest BCUT2D eigenvalue weighted by molar-refractivity contribution is -0.141. The van der Waals surface area contributed by atoms with Gasteiger partial charge in [0.05, 0.1) is 5.71 Å². The van der Waals surface area contributed by atoms with Crippen molar-refractivity contribution in [1.82, 2.24) is 0 Å². The Morgan fingerprint density at radius 3 is 2.67 bits per heavy atom. The van der Waals surface area contributed by atoms with Crippen LogP contribution in [0.3, 0.4) is 0 Å². The molecule has 0 fully saturated rings. The second-order valence-corrected chi connectivity index (χ2v) is 4.00. The van der Waals surface area contributed by atoms with E-state index in [4.69, 9.17) is 11.3 Å². The van der Waals surface area contributed by atoms with Crippen LogP contribution in [0.1, 0.15) is 38.2 Å². The quantitative estimate of drug-likeness (QED) is 0.345. The molecule has 0 spiro atoms. The molecule has 1 atom stereocenters. The summed E-state index contributed by atoms with van der Waals surface area (Å²) >= 11 is 0. The van der Waals surface area contributed by atoms with E-state index in [9.17, 15) is 4.79 Å². The van der Waals surface area contributed by atoms with E-state index >= 15 is 0 Å². The second-order valence-electron chi connectivity index (χ2n) is 4.00. The molecule has 1 rings (SSSR count). The highest BCUT2D eigenvalue weighted by Crippen LogP contribution is 2.19. The van der Waals surface area contributed by atoms with Crippen molar-refractivity contribution in [2.24, 2.45) is 5.16 Å².